The van der Waals surface area contributed by atoms with Crippen LogP contribution < -0.4 is 4.90 Å². The molecule has 0 aliphatic carbocycles. The molecule has 0 amide bonds. The molecule has 2 rings (SSSR count). The average molecular weight is 181 g/mol. The minimum atomic E-state index is -0.156. The number of halogens is 1. The van der Waals surface area contributed by atoms with Gasteiger partial charge in [0.2, 0.25) is 0 Å². The lowest BCUT2D eigenvalue weighted by atomic mass is 10.1. The van der Waals surface area contributed by atoms with Crippen LogP contribution in [-0.2, 0) is 4.74 Å². The smallest absolute Gasteiger partial charge is 0.146 e. The van der Waals surface area contributed by atoms with E-state index in [4.69, 9.17) is 4.74 Å². The van der Waals surface area contributed by atoms with Gasteiger partial charge < -0.3 is 9.64 Å². The Hall–Kier alpha value is -1.09. The number of hydrogen-bond donors (Lipinski definition) is 0. The zero-order valence-corrected chi connectivity index (χ0v) is 7.53. The molecule has 13 heavy (non-hydrogen) atoms. The van der Waals surface area contributed by atoms with Gasteiger partial charge in [-0.3, -0.25) is 0 Å². The summed E-state index contributed by atoms with van der Waals surface area (Å²) in [5, 5.41) is 0. The number of hydrogen-bond acceptors (Lipinski definition) is 2. The first kappa shape index (κ1) is 8.51. The van der Waals surface area contributed by atoms with Crippen molar-refractivity contribution in [1.82, 2.24) is 0 Å². The Kier molecular flexibility index (Phi) is 2.19. The molecule has 0 spiro atoms. The third kappa shape index (κ3) is 1.52. The fraction of sp³-hybridized carbons (Fsp3) is 0.400. The summed E-state index contributed by atoms with van der Waals surface area (Å²) in [4.78, 5) is 1.98. The van der Waals surface area contributed by atoms with Crippen LogP contribution in [0.5, 0.6) is 0 Å². The summed E-state index contributed by atoms with van der Waals surface area (Å²) in [6, 6.07) is 6.82. The van der Waals surface area contributed by atoms with Crippen LogP contribution in [0.15, 0.2) is 24.3 Å². The maximum absolute atomic E-state index is 13.2. The molecule has 1 fully saturated rings. The van der Waals surface area contributed by atoms with Crippen molar-refractivity contribution in [3.05, 3.63) is 30.1 Å². The van der Waals surface area contributed by atoms with Crippen molar-refractivity contribution in [3.63, 3.8) is 0 Å². The molecular formula is C10H12FNO. The van der Waals surface area contributed by atoms with Crippen LogP contribution in [0, 0.1) is 5.82 Å². The molecule has 1 aliphatic rings. The van der Waals surface area contributed by atoms with E-state index in [1.807, 2.05) is 11.0 Å². The van der Waals surface area contributed by atoms with E-state index in [-0.39, 0.29) is 11.9 Å². The summed E-state index contributed by atoms with van der Waals surface area (Å²) >= 11 is 0. The summed E-state index contributed by atoms with van der Waals surface area (Å²) < 4.78 is 18.3. The van der Waals surface area contributed by atoms with E-state index in [0.717, 1.165) is 13.1 Å². The molecule has 0 saturated carbocycles. The zero-order valence-electron chi connectivity index (χ0n) is 7.53. The topological polar surface area (TPSA) is 12.5 Å². The van der Waals surface area contributed by atoms with Gasteiger partial charge in [-0.15, -0.1) is 0 Å². The molecule has 1 aromatic carbocycles. The normalized spacial score (nSPS) is 17.2. The molecule has 0 N–H and O–H groups in total. The number of anilines is 1. The Bertz CT molecular complexity index is 297. The lowest BCUT2D eigenvalue weighted by Gasteiger charge is -2.39. The minimum Gasteiger partial charge on any atom is -0.378 e. The largest absolute Gasteiger partial charge is 0.378 e. The Morgan fingerprint density at radius 2 is 2.08 bits per heavy atom. The Morgan fingerprint density at radius 1 is 1.38 bits per heavy atom. The van der Waals surface area contributed by atoms with Crippen molar-refractivity contribution in [2.24, 2.45) is 0 Å². The van der Waals surface area contributed by atoms with E-state index in [9.17, 15) is 4.39 Å². The predicted molar refractivity (Wildman–Crippen MR) is 49.4 cm³/mol. The number of para-hydroxylation sites is 1. The van der Waals surface area contributed by atoms with Crippen molar-refractivity contribution >= 4 is 5.69 Å². The number of ether oxygens (including phenoxy) is 1. The van der Waals surface area contributed by atoms with Gasteiger partial charge in [-0.25, -0.2) is 4.39 Å². The highest BCUT2D eigenvalue weighted by Crippen LogP contribution is 2.24. The van der Waals surface area contributed by atoms with Gasteiger partial charge in [0.15, 0.2) is 0 Å². The molecule has 0 bridgehead atoms. The number of nitrogens with zero attached hydrogens (tertiary/aromatic N) is 1. The van der Waals surface area contributed by atoms with Crippen LogP contribution in [0.3, 0.4) is 0 Å². The molecule has 1 heterocycles. The highest BCUT2D eigenvalue weighted by molar-refractivity contribution is 5.50. The Labute approximate surface area is 76.9 Å². The van der Waals surface area contributed by atoms with Crippen LogP contribution in [0.25, 0.3) is 0 Å². The summed E-state index contributed by atoms with van der Waals surface area (Å²) in [6.45, 7) is 1.58. The number of methoxy groups -OCH3 is 1. The molecular weight excluding hydrogens is 169 g/mol. The second-order valence-corrected chi connectivity index (χ2v) is 3.21. The second-order valence-electron chi connectivity index (χ2n) is 3.21. The van der Waals surface area contributed by atoms with Gasteiger partial charge in [0.1, 0.15) is 5.82 Å². The van der Waals surface area contributed by atoms with E-state index in [1.165, 1.54) is 6.07 Å². The quantitative estimate of drug-likeness (QED) is 0.688. The first-order chi connectivity index (χ1) is 6.31. The number of benzene rings is 1. The van der Waals surface area contributed by atoms with E-state index < -0.39 is 0 Å². The second kappa shape index (κ2) is 3.34. The summed E-state index contributed by atoms with van der Waals surface area (Å²) in [6.07, 6.45) is 0.264. The van der Waals surface area contributed by atoms with Crippen LogP contribution in [0.2, 0.25) is 0 Å². The SMILES string of the molecule is COC1CN(c2ccccc2F)C1. The summed E-state index contributed by atoms with van der Waals surface area (Å²) in [7, 11) is 1.68. The van der Waals surface area contributed by atoms with Gasteiger partial charge in [-0.2, -0.15) is 0 Å². The molecule has 0 radical (unpaired) electrons. The van der Waals surface area contributed by atoms with E-state index in [1.54, 1.807) is 19.2 Å². The fourth-order valence-electron chi connectivity index (χ4n) is 1.49. The highest BCUT2D eigenvalue weighted by atomic mass is 19.1. The van der Waals surface area contributed by atoms with Crippen LogP contribution in [0.4, 0.5) is 10.1 Å². The van der Waals surface area contributed by atoms with Crippen LogP contribution >= 0.6 is 0 Å². The van der Waals surface area contributed by atoms with E-state index in [2.05, 4.69) is 0 Å². The standard InChI is InChI=1S/C10H12FNO/c1-13-8-6-12(7-8)10-5-3-2-4-9(10)11/h2-5,8H,6-7H2,1H3. The molecule has 0 atom stereocenters. The van der Waals surface area contributed by atoms with Gasteiger partial charge in [0, 0.05) is 20.2 Å². The average Bonchev–Trinajstić information content (AvgIpc) is 2.06. The lowest BCUT2D eigenvalue weighted by Crippen LogP contribution is -2.52. The van der Waals surface area contributed by atoms with Gasteiger partial charge in [0.05, 0.1) is 11.8 Å². The molecule has 1 saturated heterocycles. The minimum absolute atomic E-state index is 0.156. The van der Waals surface area contributed by atoms with Crippen molar-refractivity contribution in [2.75, 3.05) is 25.1 Å². The molecule has 3 heteroatoms. The highest BCUT2D eigenvalue weighted by Gasteiger charge is 2.27. The van der Waals surface area contributed by atoms with Crippen LogP contribution in [0.1, 0.15) is 0 Å². The Balaban J connectivity index is 2.07. The maximum atomic E-state index is 13.2. The van der Waals surface area contributed by atoms with Crippen molar-refractivity contribution < 1.29 is 9.13 Å². The van der Waals surface area contributed by atoms with E-state index in [0.29, 0.717) is 5.69 Å². The van der Waals surface area contributed by atoms with Crippen molar-refractivity contribution in [3.8, 4) is 0 Å². The molecule has 0 aromatic heterocycles. The predicted octanol–water partition coefficient (Wildman–Crippen LogP) is 1.66. The molecule has 0 unspecified atom stereocenters. The lowest BCUT2D eigenvalue weighted by molar-refractivity contribution is 0.0784. The Morgan fingerprint density at radius 3 is 2.69 bits per heavy atom. The van der Waals surface area contributed by atoms with Gasteiger partial charge in [-0.05, 0) is 12.1 Å². The third-order valence-electron chi connectivity index (χ3n) is 2.37. The monoisotopic (exact) mass is 181 g/mol. The van der Waals surface area contributed by atoms with Gasteiger partial charge >= 0.3 is 0 Å². The maximum Gasteiger partial charge on any atom is 0.146 e. The zero-order chi connectivity index (χ0) is 9.26. The molecule has 70 valence electrons. The van der Waals surface area contributed by atoms with Crippen molar-refractivity contribution in [1.29, 1.82) is 0 Å². The van der Waals surface area contributed by atoms with E-state index >= 15 is 0 Å². The summed E-state index contributed by atoms with van der Waals surface area (Å²) in [5.74, 6) is -0.156. The van der Waals surface area contributed by atoms with Crippen molar-refractivity contribution in [2.45, 2.75) is 6.10 Å². The molecule has 1 aliphatic heterocycles. The molecule has 1 aromatic rings. The van der Waals surface area contributed by atoms with Crippen LogP contribution in [-0.4, -0.2) is 26.3 Å². The third-order valence-corrected chi connectivity index (χ3v) is 2.37. The van der Waals surface area contributed by atoms with Gasteiger partial charge in [-0.1, -0.05) is 12.1 Å². The first-order valence-corrected chi connectivity index (χ1v) is 4.33. The van der Waals surface area contributed by atoms with Gasteiger partial charge in [0.25, 0.3) is 0 Å². The number of rotatable bonds is 2. The fourth-order valence-corrected chi connectivity index (χ4v) is 1.49. The molecule has 2 nitrogen and oxygen atoms in total. The summed E-state index contributed by atoms with van der Waals surface area (Å²) in [5.41, 5.74) is 0.677. The first-order valence-electron chi connectivity index (χ1n) is 4.33.